The third-order valence-corrected chi connectivity index (χ3v) is 7.36. The summed E-state index contributed by atoms with van der Waals surface area (Å²) in [5.41, 5.74) is 0.612. The Morgan fingerprint density at radius 3 is 2.03 bits per heavy atom. The molecule has 0 fully saturated rings. The van der Waals surface area contributed by atoms with Crippen LogP contribution in [0.15, 0.2) is 89.8 Å². The second-order valence-corrected chi connectivity index (χ2v) is 9.76. The number of benzene rings is 3. The highest BCUT2D eigenvalue weighted by Crippen LogP contribution is 2.26. The highest BCUT2D eigenvalue weighted by atomic mass is 32.2. The molecule has 10 nitrogen and oxygen atoms in total. The van der Waals surface area contributed by atoms with Gasteiger partial charge in [0, 0.05) is 25.7 Å². The standard InChI is InChI=1S/C25H26N4O6S/c1-19(25(31)26-2)27(17-20-9-5-3-6-10-20)24(30)18-28(21-13-15-22(16-14-21)29(32)33)36(34,35)23-11-7-4-8-12-23/h3-16,19H,17-18H2,1-2H3,(H,26,31)/t19-/m1/s1. The zero-order valence-corrected chi connectivity index (χ0v) is 20.6. The maximum Gasteiger partial charge on any atom is 0.269 e. The third-order valence-electron chi connectivity index (χ3n) is 5.57. The van der Waals surface area contributed by atoms with Crippen LogP contribution >= 0.6 is 0 Å². The smallest absolute Gasteiger partial charge is 0.269 e. The van der Waals surface area contributed by atoms with Crippen LogP contribution < -0.4 is 9.62 Å². The number of likely N-dealkylation sites (N-methyl/N-ethyl adjacent to an activating group) is 1. The molecule has 0 heterocycles. The van der Waals surface area contributed by atoms with Gasteiger partial charge in [0.1, 0.15) is 12.6 Å². The summed E-state index contributed by atoms with van der Waals surface area (Å²) in [5.74, 6) is -1.03. The van der Waals surface area contributed by atoms with E-state index in [9.17, 15) is 28.1 Å². The predicted molar refractivity (Wildman–Crippen MR) is 135 cm³/mol. The molecule has 0 aromatic heterocycles. The van der Waals surface area contributed by atoms with Crippen molar-refractivity contribution >= 4 is 33.2 Å². The molecule has 0 radical (unpaired) electrons. The number of carbonyl (C=O) groups excluding carboxylic acids is 2. The molecule has 0 saturated carbocycles. The first-order valence-corrected chi connectivity index (χ1v) is 12.5. The van der Waals surface area contributed by atoms with Gasteiger partial charge in [-0.25, -0.2) is 8.42 Å². The van der Waals surface area contributed by atoms with Crippen LogP contribution in [0.3, 0.4) is 0 Å². The molecule has 3 aromatic carbocycles. The van der Waals surface area contributed by atoms with Crippen LogP contribution in [-0.4, -0.2) is 49.7 Å². The van der Waals surface area contributed by atoms with Crippen molar-refractivity contribution in [2.24, 2.45) is 0 Å². The Balaban J connectivity index is 2.03. The van der Waals surface area contributed by atoms with Crippen LogP contribution in [0.2, 0.25) is 0 Å². The molecule has 3 rings (SSSR count). The maximum atomic E-state index is 13.6. The third kappa shape index (κ3) is 6.05. The number of carbonyl (C=O) groups is 2. The number of hydrogen-bond donors (Lipinski definition) is 1. The number of anilines is 1. The van der Waals surface area contributed by atoms with Gasteiger partial charge in [-0.1, -0.05) is 48.5 Å². The molecule has 11 heteroatoms. The van der Waals surface area contributed by atoms with Gasteiger partial charge in [0.2, 0.25) is 11.8 Å². The first-order valence-electron chi connectivity index (χ1n) is 11.0. The van der Waals surface area contributed by atoms with Crippen LogP contribution in [-0.2, 0) is 26.2 Å². The van der Waals surface area contributed by atoms with Gasteiger partial charge in [0.25, 0.3) is 15.7 Å². The molecule has 0 bridgehead atoms. The van der Waals surface area contributed by atoms with E-state index in [2.05, 4.69) is 5.32 Å². The van der Waals surface area contributed by atoms with Crippen molar-refractivity contribution in [1.82, 2.24) is 10.2 Å². The van der Waals surface area contributed by atoms with E-state index in [1.54, 1.807) is 49.4 Å². The van der Waals surface area contributed by atoms with E-state index >= 15 is 0 Å². The average Bonchev–Trinajstić information content (AvgIpc) is 2.90. The molecule has 188 valence electrons. The highest BCUT2D eigenvalue weighted by molar-refractivity contribution is 7.92. The first-order chi connectivity index (χ1) is 17.1. The fraction of sp³-hybridized carbons (Fsp3) is 0.200. The highest BCUT2D eigenvalue weighted by Gasteiger charge is 2.32. The number of nitrogens with one attached hydrogen (secondary N) is 1. The maximum absolute atomic E-state index is 13.6. The molecule has 36 heavy (non-hydrogen) atoms. The molecule has 0 aliphatic carbocycles. The molecule has 0 unspecified atom stereocenters. The van der Waals surface area contributed by atoms with E-state index in [-0.39, 0.29) is 22.8 Å². The Hall–Kier alpha value is -4.25. The van der Waals surface area contributed by atoms with Gasteiger partial charge in [-0.3, -0.25) is 24.0 Å². The Morgan fingerprint density at radius 2 is 1.50 bits per heavy atom. The second kappa shape index (κ2) is 11.5. The fourth-order valence-electron chi connectivity index (χ4n) is 3.56. The Morgan fingerprint density at radius 1 is 0.944 bits per heavy atom. The molecule has 0 aliphatic rings. The van der Waals surface area contributed by atoms with Crippen LogP contribution in [0, 0.1) is 10.1 Å². The molecule has 1 N–H and O–H groups in total. The second-order valence-electron chi connectivity index (χ2n) is 7.90. The number of non-ortho nitro benzene ring substituents is 1. The zero-order valence-electron chi connectivity index (χ0n) is 19.8. The van der Waals surface area contributed by atoms with E-state index in [1.165, 1.54) is 48.3 Å². The summed E-state index contributed by atoms with van der Waals surface area (Å²) in [6.45, 7) is 1.01. The minimum atomic E-state index is -4.22. The Bertz CT molecular complexity index is 1320. The number of sulfonamides is 1. The van der Waals surface area contributed by atoms with Crippen LogP contribution in [0.1, 0.15) is 12.5 Å². The van der Waals surface area contributed by atoms with Crippen molar-refractivity contribution in [3.8, 4) is 0 Å². The van der Waals surface area contributed by atoms with E-state index in [0.717, 1.165) is 9.87 Å². The number of rotatable bonds is 10. The van der Waals surface area contributed by atoms with Crippen molar-refractivity contribution < 1.29 is 22.9 Å². The lowest BCUT2D eigenvalue weighted by atomic mass is 10.1. The molecule has 0 spiro atoms. The van der Waals surface area contributed by atoms with Gasteiger partial charge >= 0.3 is 0 Å². The number of amides is 2. The molecule has 0 saturated heterocycles. The quantitative estimate of drug-likeness (QED) is 0.330. The lowest BCUT2D eigenvalue weighted by molar-refractivity contribution is -0.384. The normalized spacial score (nSPS) is 11.8. The number of nitro benzene ring substituents is 1. The lowest BCUT2D eigenvalue weighted by Crippen LogP contribution is -2.50. The summed E-state index contributed by atoms with van der Waals surface area (Å²) in [6, 6.07) is 20.6. The van der Waals surface area contributed by atoms with E-state index in [1.807, 2.05) is 6.07 Å². The van der Waals surface area contributed by atoms with Gasteiger partial charge in [-0.15, -0.1) is 0 Å². The number of nitro groups is 1. The van der Waals surface area contributed by atoms with Crippen molar-refractivity contribution in [3.05, 3.63) is 101 Å². The molecule has 1 atom stereocenters. The van der Waals surface area contributed by atoms with E-state index in [4.69, 9.17) is 0 Å². The first kappa shape index (κ1) is 26.4. The summed E-state index contributed by atoms with van der Waals surface area (Å²) >= 11 is 0. The largest absolute Gasteiger partial charge is 0.357 e. The van der Waals surface area contributed by atoms with E-state index < -0.39 is 39.3 Å². The molecular formula is C25H26N4O6S. The summed E-state index contributed by atoms with van der Waals surface area (Å²) in [7, 11) is -2.77. The summed E-state index contributed by atoms with van der Waals surface area (Å²) in [4.78, 5) is 37.7. The van der Waals surface area contributed by atoms with Crippen LogP contribution in [0.25, 0.3) is 0 Å². The van der Waals surface area contributed by atoms with Gasteiger partial charge in [-0.05, 0) is 36.8 Å². The van der Waals surface area contributed by atoms with E-state index in [0.29, 0.717) is 0 Å². The predicted octanol–water partition coefficient (Wildman–Crippen LogP) is 2.95. The van der Waals surface area contributed by atoms with Crippen molar-refractivity contribution in [3.63, 3.8) is 0 Å². The van der Waals surface area contributed by atoms with Gasteiger partial charge in [0.15, 0.2) is 0 Å². The van der Waals surface area contributed by atoms with Crippen LogP contribution in [0.4, 0.5) is 11.4 Å². The summed E-state index contributed by atoms with van der Waals surface area (Å²) in [6.07, 6.45) is 0. The topological polar surface area (TPSA) is 130 Å². The van der Waals surface area contributed by atoms with Gasteiger partial charge < -0.3 is 10.2 Å². The summed E-state index contributed by atoms with van der Waals surface area (Å²) in [5, 5.41) is 13.6. The minimum Gasteiger partial charge on any atom is -0.357 e. The summed E-state index contributed by atoms with van der Waals surface area (Å²) < 4.78 is 28.0. The average molecular weight is 511 g/mol. The lowest BCUT2D eigenvalue weighted by Gasteiger charge is -2.31. The molecular weight excluding hydrogens is 484 g/mol. The minimum absolute atomic E-state index is 0.0508. The monoisotopic (exact) mass is 510 g/mol. The van der Waals surface area contributed by atoms with Gasteiger partial charge in [0.05, 0.1) is 15.5 Å². The number of nitrogens with zero attached hydrogens (tertiary/aromatic N) is 3. The molecule has 0 aliphatic heterocycles. The van der Waals surface area contributed by atoms with Crippen molar-refractivity contribution in [2.75, 3.05) is 17.9 Å². The van der Waals surface area contributed by atoms with Crippen LogP contribution in [0.5, 0.6) is 0 Å². The molecule has 3 aromatic rings. The molecule has 2 amide bonds. The van der Waals surface area contributed by atoms with Crippen molar-refractivity contribution in [2.45, 2.75) is 24.4 Å². The van der Waals surface area contributed by atoms with Gasteiger partial charge in [-0.2, -0.15) is 0 Å². The Kier molecular flexibility index (Phi) is 8.38. The fourth-order valence-corrected chi connectivity index (χ4v) is 5.00. The number of hydrogen-bond acceptors (Lipinski definition) is 6. The Labute approximate surface area is 209 Å². The van der Waals surface area contributed by atoms with Crippen molar-refractivity contribution in [1.29, 1.82) is 0 Å². The zero-order chi connectivity index (χ0) is 26.3. The SMILES string of the molecule is CNC(=O)[C@@H](C)N(Cc1ccccc1)C(=O)CN(c1ccc([N+](=O)[O-])cc1)S(=O)(=O)c1ccccc1.